The average Bonchev–Trinajstić information content (AvgIpc) is 2.33. The molecule has 0 bridgehead atoms. The van der Waals surface area contributed by atoms with Crippen molar-refractivity contribution < 1.29 is 14.3 Å². The molecule has 1 fully saturated rings. The van der Waals surface area contributed by atoms with E-state index in [9.17, 15) is 9.59 Å². The Morgan fingerprint density at radius 1 is 1.53 bits per heavy atom. The Labute approximate surface area is 90.6 Å². The topological polar surface area (TPSA) is 46.6 Å². The van der Waals surface area contributed by atoms with Crippen LogP contribution in [0, 0.1) is 5.92 Å². The molecular formula is C11H19NO3. The lowest BCUT2D eigenvalue weighted by molar-refractivity contribution is -0.130. The molecule has 1 atom stereocenters. The molecule has 0 spiro atoms. The largest absolute Gasteiger partial charge is 0.441 e. The van der Waals surface area contributed by atoms with Crippen molar-refractivity contribution >= 4 is 12.0 Å². The average molecular weight is 213 g/mol. The van der Waals surface area contributed by atoms with Gasteiger partial charge in [0, 0.05) is 6.42 Å². The number of hydrogen-bond donors (Lipinski definition) is 0. The van der Waals surface area contributed by atoms with E-state index in [1.807, 2.05) is 27.7 Å². The number of cyclic esters (lactones) is 1. The molecular weight excluding hydrogens is 194 g/mol. The lowest BCUT2D eigenvalue weighted by atomic mass is 9.89. The smallest absolute Gasteiger partial charge is 0.417 e. The standard InChI is InChI=1S/C11H19NO3/c1-6-8(13)12-9(7(2)3)11(4,5)15-10(12)14/h7,9H,6H2,1-5H3/t9-/m1/s1. The van der Waals surface area contributed by atoms with E-state index in [1.165, 1.54) is 4.90 Å². The van der Waals surface area contributed by atoms with Gasteiger partial charge in [0.25, 0.3) is 0 Å². The molecule has 0 aliphatic carbocycles. The highest BCUT2D eigenvalue weighted by molar-refractivity contribution is 5.94. The summed E-state index contributed by atoms with van der Waals surface area (Å²) in [6.45, 7) is 9.42. The summed E-state index contributed by atoms with van der Waals surface area (Å²) < 4.78 is 5.22. The third kappa shape index (κ3) is 1.98. The first-order chi connectivity index (χ1) is 6.81. The highest BCUT2D eigenvalue weighted by Gasteiger charge is 2.51. The van der Waals surface area contributed by atoms with Gasteiger partial charge < -0.3 is 4.74 Å². The fraction of sp³-hybridized carbons (Fsp3) is 0.818. The molecule has 1 saturated heterocycles. The van der Waals surface area contributed by atoms with Crippen LogP contribution in [0.25, 0.3) is 0 Å². The maximum Gasteiger partial charge on any atom is 0.417 e. The van der Waals surface area contributed by atoms with Crippen molar-refractivity contribution in [2.24, 2.45) is 5.92 Å². The molecule has 0 N–H and O–H groups in total. The van der Waals surface area contributed by atoms with E-state index in [1.54, 1.807) is 6.92 Å². The van der Waals surface area contributed by atoms with E-state index in [-0.39, 0.29) is 17.9 Å². The van der Waals surface area contributed by atoms with Crippen molar-refractivity contribution in [2.75, 3.05) is 0 Å². The summed E-state index contributed by atoms with van der Waals surface area (Å²) in [5.41, 5.74) is -0.587. The highest BCUT2D eigenvalue weighted by Crippen LogP contribution is 2.34. The van der Waals surface area contributed by atoms with Crippen LogP contribution in [0.2, 0.25) is 0 Å². The minimum Gasteiger partial charge on any atom is -0.441 e. The second kappa shape index (κ2) is 3.83. The van der Waals surface area contributed by atoms with Crippen LogP contribution in [0.4, 0.5) is 4.79 Å². The minimum atomic E-state index is -0.587. The van der Waals surface area contributed by atoms with Crippen LogP contribution < -0.4 is 0 Å². The van der Waals surface area contributed by atoms with E-state index < -0.39 is 11.7 Å². The maximum absolute atomic E-state index is 11.7. The third-order valence-corrected chi connectivity index (χ3v) is 2.74. The fourth-order valence-corrected chi connectivity index (χ4v) is 2.29. The molecule has 4 heteroatoms. The number of carbonyl (C=O) groups excluding carboxylic acids is 2. The summed E-state index contributed by atoms with van der Waals surface area (Å²) in [6, 6.07) is -0.169. The Kier molecular flexibility index (Phi) is 3.07. The quantitative estimate of drug-likeness (QED) is 0.706. The summed E-state index contributed by atoms with van der Waals surface area (Å²) in [5, 5.41) is 0. The molecule has 0 radical (unpaired) electrons. The molecule has 0 aromatic heterocycles. The Hall–Kier alpha value is -1.06. The van der Waals surface area contributed by atoms with Crippen molar-refractivity contribution in [3.8, 4) is 0 Å². The molecule has 1 aliphatic heterocycles. The van der Waals surface area contributed by atoms with Gasteiger partial charge in [-0.3, -0.25) is 4.79 Å². The summed E-state index contributed by atoms with van der Waals surface area (Å²) in [7, 11) is 0. The van der Waals surface area contributed by atoms with Crippen LogP contribution in [0.3, 0.4) is 0 Å². The van der Waals surface area contributed by atoms with E-state index in [0.717, 1.165) is 0 Å². The van der Waals surface area contributed by atoms with Crippen LogP contribution in [-0.2, 0) is 9.53 Å². The zero-order valence-corrected chi connectivity index (χ0v) is 10.0. The number of amides is 2. The maximum atomic E-state index is 11.7. The van der Waals surface area contributed by atoms with E-state index in [2.05, 4.69) is 0 Å². The monoisotopic (exact) mass is 213 g/mol. The summed E-state index contributed by atoms with van der Waals surface area (Å²) >= 11 is 0. The first kappa shape index (κ1) is 12.0. The van der Waals surface area contributed by atoms with E-state index in [4.69, 9.17) is 4.74 Å². The molecule has 1 heterocycles. The number of ether oxygens (including phenoxy) is 1. The van der Waals surface area contributed by atoms with Gasteiger partial charge in [0.05, 0.1) is 6.04 Å². The fourth-order valence-electron chi connectivity index (χ4n) is 2.29. The summed E-state index contributed by atoms with van der Waals surface area (Å²) in [6.07, 6.45) is -0.181. The zero-order chi connectivity index (χ0) is 11.8. The van der Waals surface area contributed by atoms with Crippen LogP contribution in [0.15, 0.2) is 0 Å². The molecule has 1 aliphatic rings. The van der Waals surface area contributed by atoms with Gasteiger partial charge in [-0.1, -0.05) is 20.8 Å². The van der Waals surface area contributed by atoms with Crippen LogP contribution >= 0.6 is 0 Å². The summed E-state index contributed by atoms with van der Waals surface area (Å²) in [5.74, 6) is 0.0335. The van der Waals surface area contributed by atoms with E-state index in [0.29, 0.717) is 6.42 Å². The Bertz CT molecular complexity index is 284. The van der Waals surface area contributed by atoms with Gasteiger partial charge >= 0.3 is 6.09 Å². The normalized spacial score (nSPS) is 24.5. The van der Waals surface area contributed by atoms with Crippen molar-refractivity contribution in [3.05, 3.63) is 0 Å². The number of carbonyl (C=O) groups is 2. The van der Waals surface area contributed by atoms with Gasteiger partial charge in [0.1, 0.15) is 5.60 Å². The molecule has 4 nitrogen and oxygen atoms in total. The van der Waals surface area contributed by atoms with Gasteiger partial charge in [-0.05, 0) is 19.8 Å². The molecule has 0 aromatic carbocycles. The molecule has 86 valence electrons. The summed E-state index contributed by atoms with van der Waals surface area (Å²) in [4.78, 5) is 24.5. The lowest BCUT2D eigenvalue weighted by Crippen LogP contribution is -2.47. The van der Waals surface area contributed by atoms with Gasteiger partial charge in [-0.25, -0.2) is 9.69 Å². The van der Waals surface area contributed by atoms with Crippen molar-refractivity contribution in [1.29, 1.82) is 0 Å². The Balaban J connectivity index is 3.03. The van der Waals surface area contributed by atoms with Crippen LogP contribution in [0.5, 0.6) is 0 Å². The molecule has 0 aromatic rings. The highest BCUT2D eigenvalue weighted by atomic mass is 16.6. The first-order valence-electron chi connectivity index (χ1n) is 5.36. The van der Waals surface area contributed by atoms with Crippen molar-refractivity contribution in [3.63, 3.8) is 0 Å². The molecule has 1 rings (SSSR count). The number of imide groups is 1. The van der Waals surface area contributed by atoms with Gasteiger partial charge in [0.2, 0.25) is 5.91 Å². The first-order valence-corrected chi connectivity index (χ1v) is 5.36. The second-order valence-corrected chi connectivity index (χ2v) is 4.78. The predicted octanol–water partition coefficient (Wildman–Crippen LogP) is 2.18. The van der Waals surface area contributed by atoms with Crippen LogP contribution in [0.1, 0.15) is 41.0 Å². The van der Waals surface area contributed by atoms with Gasteiger partial charge in [-0.15, -0.1) is 0 Å². The number of rotatable bonds is 2. The van der Waals surface area contributed by atoms with Crippen LogP contribution in [-0.4, -0.2) is 28.5 Å². The van der Waals surface area contributed by atoms with Crippen molar-refractivity contribution in [2.45, 2.75) is 52.7 Å². The second-order valence-electron chi connectivity index (χ2n) is 4.78. The van der Waals surface area contributed by atoms with Crippen molar-refractivity contribution in [1.82, 2.24) is 4.90 Å². The molecule has 0 saturated carbocycles. The van der Waals surface area contributed by atoms with E-state index >= 15 is 0 Å². The van der Waals surface area contributed by atoms with Gasteiger partial charge in [0.15, 0.2) is 0 Å². The molecule has 15 heavy (non-hydrogen) atoms. The number of nitrogens with zero attached hydrogens (tertiary/aromatic N) is 1. The minimum absolute atomic E-state index is 0.163. The number of hydrogen-bond acceptors (Lipinski definition) is 3. The third-order valence-electron chi connectivity index (χ3n) is 2.74. The molecule has 0 unspecified atom stereocenters. The predicted molar refractivity (Wildman–Crippen MR) is 56.3 cm³/mol. The Morgan fingerprint density at radius 3 is 2.47 bits per heavy atom. The Morgan fingerprint density at radius 2 is 2.07 bits per heavy atom. The molecule has 2 amide bonds. The van der Waals surface area contributed by atoms with Gasteiger partial charge in [-0.2, -0.15) is 0 Å². The zero-order valence-electron chi connectivity index (χ0n) is 10.0. The SMILES string of the molecule is CCC(=O)N1C(=O)OC(C)(C)[C@H]1C(C)C. The lowest BCUT2D eigenvalue weighted by Gasteiger charge is -2.30.